The summed E-state index contributed by atoms with van der Waals surface area (Å²) in [5.41, 5.74) is 13.6. The Morgan fingerprint density at radius 2 is 1.19 bits per heavy atom. The van der Waals surface area contributed by atoms with Crippen molar-refractivity contribution < 1.29 is 4.74 Å². The van der Waals surface area contributed by atoms with Crippen molar-refractivity contribution in [3.05, 3.63) is 163 Å². The second-order valence-corrected chi connectivity index (χ2v) is 14.0. The van der Waals surface area contributed by atoms with E-state index in [-0.39, 0.29) is 0 Å². The number of aryl methyl sites for hydroxylation is 1. The van der Waals surface area contributed by atoms with Crippen LogP contribution < -0.4 is 4.74 Å². The number of rotatable bonds is 3. The lowest BCUT2D eigenvalue weighted by molar-refractivity contribution is 0.486. The normalized spacial score (nSPS) is 13.2. The van der Waals surface area contributed by atoms with Crippen LogP contribution in [0.3, 0.4) is 0 Å². The highest BCUT2D eigenvalue weighted by Crippen LogP contribution is 2.48. The Morgan fingerprint density at radius 3 is 2.00 bits per heavy atom. The first-order valence-electron chi connectivity index (χ1n) is 18.2. The molecule has 5 nitrogen and oxygen atoms in total. The van der Waals surface area contributed by atoms with Crippen LogP contribution in [-0.4, -0.2) is 19.1 Å². The van der Waals surface area contributed by atoms with E-state index in [1.165, 1.54) is 54.7 Å². The largest absolute Gasteiger partial charge is 0.456 e. The average molecular weight is 679 g/mol. The summed E-state index contributed by atoms with van der Waals surface area (Å²) in [5, 5.41) is 6.15. The molecule has 0 fully saturated rings. The highest BCUT2D eigenvalue weighted by atomic mass is 16.5. The zero-order valence-electron chi connectivity index (χ0n) is 28.6. The lowest BCUT2D eigenvalue weighted by Crippen LogP contribution is -2.03. The van der Waals surface area contributed by atoms with Gasteiger partial charge in [-0.1, -0.05) is 84.9 Å². The standard InChI is InChI=1S/C48H30N4O/c1-2-13-30(14-3-1)51-38-21-9-6-17-34(38)42-32-15-4-5-16-33(32)43-35-18-7-10-22-39(35)52(47(43)46(42)51)31-27-25-29(26-28-31)48-49-37-20-12-24-41-44(37)45(50-48)36-19-8-11-23-40(36)53-41/h1-4,6-15,17-28H,5,16H2. The first-order chi connectivity index (χ1) is 26.3. The first kappa shape index (κ1) is 28.7. The van der Waals surface area contributed by atoms with Crippen LogP contribution in [0.15, 0.2) is 152 Å². The molecule has 3 aromatic heterocycles. The summed E-state index contributed by atoms with van der Waals surface area (Å²) < 4.78 is 11.2. The summed E-state index contributed by atoms with van der Waals surface area (Å²) in [7, 11) is 0. The Labute approximate surface area is 304 Å². The molecule has 0 saturated heterocycles. The Bertz CT molecular complexity index is 3190. The van der Waals surface area contributed by atoms with E-state index in [4.69, 9.17) is 14.7 Å². The maximum Gasteiger partial charge on any atom is 0.160 e. The lowest BCUT2D eigenvalue weighted by Gasteiger charge is -2.20. The molecule has 1 aliphatic heterocycles. The van der Waals surface area contributed by atoms with Crippen LogP contribution in [0.5, 0.6) is 11.5 Å². The second-order valence-electron chi connectivity index (χ2n) is 14.0. The summed E-state index contributed by atoms with van der Waals surface area (Å²) in [4.78, 5) is 10.3. The summed E-state index contributed by atoms with van der Waals surface area (Å²) >= 11 is 0. The van der Waals surface area contributed by atoms with E-state index in [1.807, 2.05) is 36.4 Å². The summed E-state index contributed by atoms with van der Waals surface area (Å²) in [6.07, 6.45) is 6.75. The van der Waals surface area contributed by atoms with Crippen LogP contribution in [0, 0.1) is 0 Å². The molecule has 53 heavy (non-hydrogen) atoms. The van der Waals surface area contributed by atoms with E-state index < -0.39 is 0 Å². The molecule has 0 N–H and O–H groups in total. The van der Waals surface area contributed by atoms with E-state index >= 15 is 0 Å². The Balaban J connectivity index is 1.15. The first-order valence-corrected chi connectivity index (χ1v) is 18.2. The van der Waals surface area contributed by atoms with E-state index in [0.29, 0.717) is 5.82 Å². The molecule has 12 rings (SSSR count). The van der Waals surface area contributed by atoms with E-state index in [0.717, 1.165) is 63.4 Å². The third-order valence-electron chi connectivity index (χ3n) is 11.2. The fourth-order valence-corrected chi connectivity index (χ4v) is 8.97. The summed E-state index contributed by atoms with van der Waals surface area (Å²) in [5.74, 6) is 2.31. The van der Waals surface area contributed by atoms with Gasteiger partial charge in [0.25, 0.3) is 0 Å². The molecule has 0 amide bonds. The predicted molar refractivity (Wildman–Crippen MR) is 217 cm³/mol. The zero-order valence-corrected chi connectivity index (χ0v) is 28.6. The molecule has 5 heteroatoms. The maximum absolute atomic E-state index is 6.26. The van der Waals surface area contributed by atoms with Gasteiger partial charge in [0.2, 0.25) is 0 Å². The third-order valence-corrected chi connectivity index (χ3v) is 11.2. The van der Waals surface area contributed by atoms with Crippen LogP contribution in [0.25, 0.3) is 94.6 Å². The van der Waals surface area contributed by atoms with E-state index in [2.05, 4.69) is 130 Å². The lowest BCUT2D eigenvalue weighted by atomic mass is 9.89. The van der Waals surface area contributed by atoms with Gasteiger partial charge in [0.05, 0.1) is 38.7 Å². The number of hydrogen-bond donors (Lipinski definition) is 0. The molecule has 0 radical (unpaired) electrons. The molecular weight excluding hydrogens is 649 g/mol. The number of fused-ring (bicyclic) bond motifs is 12. The Hall–Kier alpha value is -6.98. The molecule has 0 atom stereocenters. The molecule has 1 aliphatic carbocycles. The minimum Gasteiger partial charge on any atom is -0.456 e. The van der Waals surface area contributed by atoms with Gasteiger partial charge in [-0.05, 0) is 96.8 Å². The van der Waals surface area contributed by atoms with Crippen molar-refractivity contribution in [3.8, 4) is 45.5 Å². The predicted octanol–water partition coefficient (Wildman–Crippen LogP) is 12.2. The van der Waals surface area contributed by atoms with Gasteiger partial charge in [-0.15, -0.1) is 0 Å². The average Bonchev–Trinajstić information content (AvgIpc) is 3.75. The van der Waals surface area contributed by atoms with Gasteiger partial charge in [0.15, 0.2) is 5.82 Å². The van der Waals surface area contributed by atoms with Gasteiger partial charge < -0.3 is 13.9 Å². The monoisotopic (exact) mass is 678 g/mol. The van der Waals surface area contributed by atoms with Gasteiger partial charge in [-0.3, -0.25) is 0 Å². The smallest absolute Gasteiger partial charge is 0.160 e. The number of nitrogens with zero attached hydrogens (tertiary/aromatic N) is 4. The van der Waals surface area contributed by atoms with Crippen molar-refractivity contribution in [1.29, 1.82) is 0 Å². The van der Waals surface area contributed by atoms with Gasteiger partial charge >= 0.3 is 0 Å². The summed E-state index contributed by atoms with van der Waals surface area (Å²) in [6.45, 7) is 0. The maximum atomic E-state index is 6.26. The molecule has 0 saturated carbocycles. The number of allylic oxidation sites excluding steroid dienone is 1. The Morgan fingerprint density at radius 1 is 0.528 bits per heavy atom. The van der Waals surface area contributed by atoms with Gasteiger partial charge in [0, 0.05) is 44.0 Å². The van der Waals surface area contributed by atoms with Crippen molar-refractivity contribution in [2.75, 3.05) is 0 Å². The molecule has 10 aromatic rings. The van der Waals surface area contributed by atoms with Gasteiger partial charge in [-0.25, -0.2) is 9.97 Å². The SMILES string of the molecule is C1=Cc2c(c3c4ccccc4n(-c4ccc(-c5nc6c7c(cccc7n5)Oc5ccccc5-6)cc4)c3c3c2c2ccccc2n3-c2ccccc2)CC1. The second kappa shape index (κ2) is 10.8. The zero-order chi connectivity index (χ0) is 34.6. The van der Waals surface area contributed by atoms with E-state index in [9.17, 15) is 0 Å². The molecule has 2 aliphatic rings. The number of para-hydroxylation sites is 4. The molecule has 0 bridgehead atoms. The molecule has 4 heterocycles. The minimum absolute atomic E-state index is 0.697. The quantitative estimate of drug-likeness (QED) is 0.187. The van der Waals surface area contributed by atoms with Crippen LogP contribution in [0.1, 0.15) is 17.5 Å². The molecular formula is C48H30N4O. The van der Waals surface area contributed by atoms with E-state index in [1.54, 1.807) is 0 Å². The third kappa shape index (κ3) is 3.96. The molecule has 0 spiro atoms. The molecule has 0 unspecified atom stereocenters. The highest BCUT2D eigenvalue weighted by Gasteiger charge is 2.28. The number of hydrogen-bond acceptors (Lipinski definition) is 3. The van der Waals surface area contributed by atoms with Gasteiger partial charge in [0.1, 0.15) is 11.5 Å². The number of aromatic nitrogens is 4. The van der Waals surface area contributed by atoms with Crippen LogP contribution in [0.4, 0.5) is 0 Å². The van der Waals surface area contributed by atoms with Crippen LogP contribution in [0.2, 0.25) is 0 Å². The number of ether oxygens (including phenoxy) is 1. The summed E-state index contributed by atoms with van der Waals surface area (Å²) in [6, 6.07) is 51.5. The topological polar surface area (TPSA) is 44.9 Å². The van der Waals surface area contributed by atoms with Crippen molar-refractivity contribution in [2.24, 2.45) is 0 Å². The van der Waals surface area contributed by atoms with Crippen molar-refractivity contribution in [1.82, 2.24) is 19.1 Å². The van der Waals surface area contributed by atoms with Crippen LogP contribution in [-0.2, 0) is 6.42 Å². The molecule has 248 valence electrons. The Kier molecular flexibility index (Phi) is 5.83. The molecule has 7 aromatic carbocycles. The van der Waals surface area contributed by atoms with Crippen LogP contribution >= 0.6 is 0 Å². The number of benzene rings is 7. The minimum atomic E-state index is 0.697. The fraction of sp³-hybridized carbons (Fsp3) is 0.0417. The van der Waals surface area contributed by atoms with Crippen molar-refractivity contribution in [2.45, 2.75) is 12.8 Å². The fourth-order valence-electron chi connectivity index (χ4n) is 8.97. The van der Waals surface area contributed by atoms with Crippen molar-refractivity contribution >= 4 is 60.6 Å². The highest BCUT2D eigenvalue weighted by molar-refractivity contribution is 6.27. The van der Waals surface area contributed by atoms with Gasteiger partial charge in [-0.2, -0.15) is 0 Å². The van der Waals surface area contributed by atoms with Crippen molar-refractivity contribution in [3.63, 3.8) is 0 Å².